The van der Waals surface area contributed by atoms with Gasteiger partial charge in [0.2, 0.25) is 0 Å². The van der Waals surface area contributed by atoms with E-state index in [-0.39, 0.29) is 5.75 Å². The van der Waals surface area contributed by atoms with Gasteiger partial charge in [0.25, 0.3) is 0 Å². The molecule has 0 saturated heterocycles. The molecule has 1 aliphatic carbocycles. The van der Waals surface area contributed by atoms with Crippen molar-refractivity contribution in [1.29, 1.82) is 0 Å². The normalized spacial score (nSPS) is 21.6. The fourth-order valence-electron chi connectivity index (χ4n) is 1.97. The van der Waals surface area contributed by atoms with Crippen LogP contribution in [-0.4, -0.2) is 31.5 Å². The highest BCUT2D eigenvalue weighted by Crippen LogP contribution is 2.39. The lowest BCUT2D eigenvalue weighted by atomic mass is 9.89. The molecule has 0 aromatic heterocycles. The van der Waals surface area contributed by atoms with Gasteiger partial charge in [-0.05, 0) is 12.8 Å². The summed E-state index contributed by atoms with van der Waals surface area (Å²) in [6, 6.07) is 0. The van der Waals surface area contributed by atoms with Crippen molar-refractivity contribution in [3.05, 3.63) is 0 Å². The van der Waals surface area contributed by atoms with Gasteiger partial charge in [0.05, 0.1) is 11.2 Å². The van der Waals surface area contributed by atoms with Gasteiger partial charge in [0, 0.05) is 6.26 Å². The largest absolute Gasteiger partial charge is 0.481 e. The Kier molecular flexibility index (Phi) is 2.66. The molecule has 13 heavy (non-hydrogen) atoms. The zero-order valence-corrected chi connectivity index (χ0v) is 8.43. The molecule has 0 aromatic carbocycles. The van der Waals surface area contributed by atoms with Crippen LogP contribution in [0.4, 0.5) is 0 Å². The van der Waals surface area contributed by atoms with E-state index in [2.05, 4.69) is 0 Å². The number of hydrogen-bond donors (Lipinski definition) is 1. The minimum absolute atomic E-state index is 0.213. The van der Waals surface area contributed by atoms with Crippen molar-refractivity contribution >= 4 is 15.8 Å². The number of carbonyl (C=O) groups is 1. The third-order valence-electron chi connectivity index (χ3n) is 2.55. The van der Waals surface area contributed by atoms with Gasteiger partial charge < -0.3 is 5.11 Å². The Morgan fingerprint density at radius 3 is 2.15 bits per heavy atom. The maximum absolute atomic E-state index is 11.0. The van der Waals surface area contributed by atoms with Crippen LogP contribution < -0.4 is 0 Å². The quantitative estimate of drug-likeness (QED) is 0.737. The Hall–Kier alpha value is -0.580. The van der Waals surface area contributed by atoms with Gasteiger partial charge >= 0.3 is 5.97 Å². The summed E-state index contributed by atoms with van der Waals surface area (Å²) in [5.41, 5.74) is -0.992. The Labute approximate surface area is 77.9 Å². The first-order chi connectivity index (χ1) is 5.86. The van der Waals surface area contributed by atoms with Gasteiger partial charge in [-0.1, -0.05) is 12.8 Å². The number of rotatable bonds is 3. The lowest BCUT2D eigenvalue weighted by molar-refractivity contribution is -0.147. The zero-order chi connectivity index (χ0) is 10.1. The monoisotopic (exact) mass is 206 g/mol. The lowest BCUT2D eigenvalue weighted by Gasteiger charge is -2.21. The van der Waals surface area contributed by atoms with Crippen molar-refractivity contribution in [2.24, 2.45) is 5.41 Å². The summed E-state index contributed by atoms with van der Waals surface area (Å²) >= 11 is 0. The second-order valence-corrected chi connectivity index (χ2v) is 6.00. The first kappa shape index (κ1) is 10.5. The Bertz CT molecular complexity index is 298. The Morgan fingerprint density at radius 1 is 1.38 bits per heavy atom. The zero-order valence-electron chi connectivity index (χ0n) is 7.62. The minimum Gasteiger partial charge on any atom is -0.481 e. The van der Waals surface area contributed by atoms with E-state index >= 15 is 0 Å². The molecule has 76 valence electrons. The van der Waals surface area contributed by atoms with Crippen LogP contribution in [0.5, 0.6) is 0 Å². The van der Waals surface area contributed by atoms with E-state index in [9.17, 15) is 13.2 Å². The van der Waals surface area contributed by atoms with Crippen molar-refractivity contribution in [3.63, 3.8) is 0 Å². The Morgan fingerprint density at radius 2 is 1.85 bits per heavy atom. The van der Waals surface area contributed by atoms with Gasteiger partial charge in [-0.2, -0.15) is 0 Å². The number of hydrogen-bond acceptors (Lipinski definition) is 3. The van der Waals surface area contributed by atoms with Gasteiger partial charge in [-0.15, -0.1) is 0 Å². The van der Waals surface area contributed by atoms with Crippen LogP contribution in [0.2, 0.25) is 0 Å². The molecule has 0 bridgehead atoms. The van der Waals surface area contributed by atoms with E-state index in [0.29, 0.717) is 12.8 Å². The summed E-state index contributed by atoms with van der Waals surface area (Å²) in [5.74, 6) is -1.18. The molecule has 5 heteroatoms. The molecule has 4 nitrogen and oxygen atoms in total. The van der Waals surface area contributed by atoms with Gasteiger partial charge in [0.1, 0.15) is 9.84 Å². The SMILES string of the molecule is CS(=O)(=O)CC1(C(=O)O)CCCC1. The van der Waals surface area contributed by atoms with Gasteiger partial charge in [0.15, 0.2) is 0 Å². The third kappa shape index (κ3) is 2.43. The summed E-state index contributed by atoms with van der Waals surface area (Å²) in [4.78, 5) is 10.9. The highest BCUT2D eigenvalue weighted by molar-refractivity contribution is 7.90. The second-order valence-electron chi connectivity index (χ2n) is 3.86. The fraction of sp³-hybridized carbons (Fsp3) is 0.875. The molecule has 0 spiro atoms. The van der Waals surface area contributed by atoms with E-state index in [4.69, 9.17) is 5.11 Å². The highest BCUT2D eigenvalue weighted by atomic mass is 32.2. The van der Waals surface area contributed by atoms with E-state index in [1.165, 1.54) is 0 Å². The van der Waals surface area contributed by atoms with Crippen LogP contribution in [0.3, 0.4) is 0 Å². The van der Waals surface area contributed by atoms with E-state index in [1.807, 2.05) is 0 Å². The van der Waals surface area contributed by atoms with Crippen molar-refractivity contribution in [1.82, 2.24) is 0 Å². The fourth-order valence-corrected chi connectivity index (χ4v) is 3.39. The molecule has 1 rings (SSSR count). The summed E-state index contributed by atoms with van der Waals surface area (Å²) in [5, 5.41) is 8.96. The lowest BCUT2D eigenvalue weighted by Crippen LogP contribution is -2.35. The van der Waals surface area contributed by atoms with Crippen molar-refractivity contribution in [2.45, 2.75) is 25.7 Å². The van der Waals surface area contributed by atoms with Crippen molar-refractivity contribution < 1.29 is 18.3 Å². The van der Waals surface area contributed by atoms with Crippen molar-refractivity contribution in [3.8, 4) is 0 Å². The molecule has 0 radical (unpaired) electrons. The highest BCUT2D eigenvalue weighted by Gasteiger charge is 2.43. The third-order valence-corrected chi connectivity index (χ3v) is 3.63. The number of aliphatic carboxylic acids is 1. The summed E-state index contributed by atoms with van der Waals surface area (Å²) in [6.07, 6.45) is 3.73. The smallest absolute Gasteiger partial charge is 0.310 e. The number of sulfone groups is 1. The molecule has 0 heterocycles. The number of carboxylic acid groups (broad SMARTS) is 1. The predicted molar refractivity (Wildman–Crippen MR) is 48.2 cm³/mol. The van der Waals surface area contributed by atoms with Crippen LogP contribution >= 0.6 is 0 Å². The molecule has 0 atom stereocenters. The van der Waals surface area contributed by atoms with E-state index < -0.39 is 21.2 Å². The summed E-state index contributed by atoms with van der Waals surface area (Å²) in [7, 11) is -3.19. The molecule has 1 fully saturated rings. The topological polar surface area (TPSA) is 71.4 Å². The maximum atomic E-state index is 11.0. The standard InChI is InChI=1S/C8H14O4S/c1-13(11,12)6-8(7(9)10)4-2-3-5-8/h2-6H2,1H3,(H,9,10). The molecule has 0 unspecified atom stereocenters. The van der Waals surface area contributed by atoms with Crippen LogP contribution in [0, 0.1) is 5.41 Å². The summed E-state index contributed by atoms with van der Waals surface area (Å²) in [6.45, 7) is 0. The molecule has 1 saturated carbocycles. The van der Waals surface area contributed by atoms with Crippen molar-refractivity contribution in [2.75, 3.05) is 12.0 Å². The van der Waals surface area contributed by atoms with E-state index in [1.54, 1.807) is 0 Å². The molecule has 1 N–H and O–H groups in total. The first-order valence-electron chi connectivity index (χ1n) is 4.27. The minimum atomic E-state index is -3.19. The Balaban J connectivity index is 2.86. The molecular weight excluding hydrogens is 192 g/mol. The molecular formula is C8H14O4S. The average Bonchev–Trinajstić information content (AvgIpc) is 2.33. The maximum Gasteiger partial charge on any atom is 0.310 e. The van der Waals surface area contributed by atoms with Crippen LogP contribution in [0.1, 0.15) is 25.7 Å². The molecule has 0 amide bonds. The van der Waals surface area contributed by atoms with Gasteiger partial charge in [-0.25, -0.2) is 8.42 Å². The van der Waals surface area contributed by atoms with E-state index in [0.717, 1.165) is 19.1 Å². The predicted octanol–water partition coefficient (Wildman–Crippen LogP) is 0.676. The van der Waals surface area contributed by atoms with Crippen LogP contribution in [-0.2, 0) is 14.6 Å². The average molecular weight is 206 g/mol. The second kappa shape index (κ2) is 3.29. The van der Waals surface area contributed by atoms with Crippen LogP contribution in [0.25, 0.3) is 0 Å². The molecule has 1 aliphatic rings. The summed E-state index contributed by atoms with van der Waals surface area (Å²) < 4.78 is 22.1. The molecule has 0 aromatic rings. The van der Waals surface area contributed by atoms with Crippen LogP contribution in [0.15, 0.2) is 0 Å². The van der Waals surface area contributed by atoms with Gasteiger partial charge in [-0.3, -0.25) is 4.79 Å². The first-order valence-corrected chi connectivity index (χ1v) is 6.33. The number of carboxylic acids is 1. The molecule has 0 aliphatic heterocycles.